The van der Waals surface area contributed by atoms with Gasteiger partial charge in [-0.05, 0) is 55.3 Å². The number of hydrogen-bond donors (Lipinski definition) is 1. The van der Waals surface area contributed by atoms with Gasteiger partial charge in [-0.1, -0.05) is 18.2 Å². The largest absolute Gasteiger partial charge is 0.378 e. The molecule has 1 aliphatic carbocycles. The number of nitrogens with zero attached hydrogens (tertiary/aromatic N) is 2. The van der Waals surface area contributed by atoms with E-state index >= 15 is 0 Å². The predicted octanol–water partition coefficient (Wildman–Crippen LogP) is 3.67. The van der Waals surface area contributed by atoms with Crippen LogP contribution < -0.4 is 15.8 Å². The van der Waals surface area contributed by atoms with Gasteiger partial charge in [-0.25, -0.2) is 0 Å². The Bertz CT molecular complexity index is 1160. The van der Waals surface area contributed by atoms with E-state index in [-0.39, 0.29) is 11.3 Å². The average Bonchev–Trinajstić information content (AvgIpc) is 2.74. The Balaban J connectivity index is 1.78. The zero-order valence-corrected chi connectivity index (χ0v) is 17.0. The summed E-state index contributed by atoms with van der Waals surface area (Å²) >= 11 is 0. The Kier molecular flexibility index (Phi) is 5.23. The number of carbonyl (C=O) groups is 2. The molecule has 0 saturated heterocycles. The summed E-state index contributed by atoms with van der Waals surface area (Å²) < 4.78 is 1.51. The van der Waals surface area contributed by atoms with Crippen LogP contribution in [0.5, 0.6) is 0 Å². The molecule has 0 unspecified atom stereocenters. The Morgan fingerprint density at radius 1 is 0.967 bits per heavy atom. The summed E-state index contributed by atoms with van der Waals surface area (Å²) in [7, 11) is 3.87. The first kappa shape index (κ1) is 19.6. The number of carbonyl (C=O) groups excluding carboxylic acids is 2. The molecule has 30 heavy (non-hydrogen) atoms. The summed E-state index contributed by atoms with van der Waals surface area (Å²) in [5.74, 6) is -0.561. The lowest BCUT2D eigenvalue weighted by Crippen LogP contribution is -2.33. The summed E-state index contributed by atoms with van der Waals surface area (Å²) in [6.45, 7) is 0. The van der Waals surface area contributed by atoms with Gasteiger partial charge in [0.2, 0.25) is 0 Å². The van der Waals surface area contributed by atoms with E-state index in [1.165, 1.54) is 10.6 Å². The second-order valence-corrected chi connectivity index (χ2v) is 7.57. The van der Waals surface area contributed by atoms with E-state index in [1.807, 2.05) is 61.5 Å². The number of Topliss-reactive ketones (excluding diaryl/α,β-unsaturated/α-hetero) is 1. The molecule has 1 heterocycles. The molecule has 0 spiro atoms. The van der Waals surface area contributed by atoms with Gasteiger partial charge in [0.25, 0.3) is 11.5 Å². The molecular formula is C24H23N3O3. The predicted molar refractivity (Wildman–Crippen MR) is 118 cm³/mol. The van der Waals surface area contributed by atoms with Gasteiger partial charge in [-0.3, -0.25) is 19.0 Å². The van der Waals surface area contributed by atoms with E-state index in [0.717, 1.165) is 5.69 Å². The van der Waals surface area contributed by atoms with Crippen molar-refractivity contribution in [1.82, 2.24) is 4.57 Å². The highest BCUT2D eigenvalue weighted by molar-refractivity contribution is 6.06. The summed E-state index contributed by atoms with van der Waals surface area (Å²) in [5.41, 5.74) is 2.91. The second kappa shape index (κ2) is 7.99. The lowest BCUT2D eigenvalue weighted by Gasteiger charge is -2.21. The van der Waals surface area contributed by atoms with E-state index in [9.17, 15) is 14.4 Å². The fourth-order valence-electron chi connectivity index (χ4n) is 3.75. The van der Waals surface area contributed by atoms with Crippen molar-refractivity contribution in [2.45, 2.75) is 19.3 Å². The van der Waals surface area contributed by atoms with E-state index < -0.39 is 11.5 Å². The smallest absolute Gasteiger partial charge is 0.268 e. The molecule has 0 aliphatic heterocycles. The number of fused-ring (bicyclic) bond motifs is 1. The van der Waals surface area contributed by atoms with Crippen molar-refractivity contribution in [2.24, 2.45) is 0 Å². The maximum Gasteiger partial charge on any atom is 0.268 e. The number of anilines is 2. The van der Waals surface area contributed by atoms with Crippen molar-refractivity contribution in [3.05, 3.63) is 87.8 Å². The van der Waals surface area contributed by atoms with Gasteiger partial charge < -0.3 is 10.2 Å². The fourth-order valence-corrected chi connectivity index (χ4v) is 3.75. The van der Waals surface area contributed by atoms with Crippen LogP contribution in [0.1, 0.15) is 39.3 Å². The third kappa shape index (κ3) is 3.64. The SMILES string of the molecule is CN(C)c1ccc(NC(=O)c2cc3c(n(-c4ccccc4)c2=O)CCCC3=O)cc1. The molecule has 1 N–H and O–H groups in total. The Labute approximate surface area is 174 Å². The van der Waals surface area contributed by atoms with Gasteiger partial charge in [-0.15, -0.1) is 0 Å². The highest BCUT2D eigenvalue weighted by atomic mass is 16.2. The first-order chi connectivity index (χ1) is 14.5. The minimum absolute atomic E-state index is 0.0367. The first-order valence-electron chi connectivity index (χ1n) is 9.92. The van der Waals surface area contributed by atoms with Crippen molar-refractivity contribution >= 4 is 23.1 Å². The lowest BCUT2D eigenvalue weighted by molar-refractivity contribution is 0.0971. The van der Waals surface area contributed by atoms with E-state index in [1.54, 1.807) is 12.1 Å². The van der Waals surface area contributed by atoms with Crippen LogP contribution in [0.15, 0.2) is 65.5 Å². The quantitative estimate of drug-likeness (QED) is 0.724. The fraction of sp³-hybridized carbons (Fsp3) is 0.208. The molecule has 152 valence electrons. The minimum atomic E-state index is -0.525. The molecule has 6 nitrogen and oxygen atoms in total. The second-order valence-electron chi connectivity index (χ2n) is 7.57. The molecule has 0 atom stereocenters. The van der Waals surface area contributed by atoms with E-state index in [2.05, 4.69) is 5.32 Å². The maximum atomic E-state index is 13.3. The van der Waals surface area contributed by atoms with E-state index in [4.69, 9.17) is 0 Å². The molecule has 1 aliphatic rings. The maximum absolute atomic E-state index is 13.3. The third-order valence-corrected chi connectivity index (χ3v) is 5.32. The van der Waals surface area contributed by atoms with Crippen molar-refractivity contribution < 1.29 is 9.59 Å². The molecule has 1 aromatic heterocycles. The number of para-hydroxylation sites is 1. The van der Waals surface area contributed by atoms with Crippen LogP contribution in [0.3, 0.4) is 0 Å². The van der Waals surface area contributed by atoms with Crippen LogP contribution in [0.25, 0.3) is 5.69 Å². The molecule has 6 heteroatoms. The number of rotatable bonds is 4. The topological polar surface area (TPSA) is 71.4 Å². The van der Waals surface area contributed by atoms with Gasteiger partial charge >= 0.3 is 0 Å². The minimum Gasteiger partial charge on any atom is -0.378 e. The van der Waals surface area contributed by atoms with Crippen LogP contribution in [-0.4, -0.2) is 30.4 Å². The van der Waals surface area contributed by atoms with Crippen LogP contribution in [0.4, 0.5) is 11.4 Å². The summed E-state index contributed by atoms with van der Waals surface area (Å²) in [5, 5.41) is 2.78. The molecular weight excluding hydrogens is 378 g/mol. The van der Waals surface area contributed by atoms with Crippen molar-refractivity contribution in [1.29, 1.82) is 0 Å². The normalized spacial score (nSPS) is 12.9. The third-order valence-electron chi connectivity index (χ3n) is 5.32. The number of ketones is 1. The number of pyridine rings is 1. The Morgan fingerprint density at radius 3 is 2.33 bits per heavy atom. The highest BCUT2D eigenvalue weighted by Crippen LogP contribution is 2.24. The molecule has 3 aromatic rings. The molecule has 0 bridgehead atoms. The lowest BCUT2D eigenvalue weighted by atomic mass is 9.92. The number of benzene rings is 2. The molecule has 0 radical (unpaired) electrons. The monoisotopic (exact) mass is 401 g/mol. The van der Waals surface area contributed by atoms with Crippen molar-refractivity contribution in [3.63, 3.8) is 0 Å². The van der Waals surface area contributed by atoms with Gasteiger partial charge in [0.1, 0.15) is 5.56 Å². The van der Waals surface area contributed by atoms with Crippen molar-refractivity contribution in [3.8, 4) is 5.69 Å². The molecule has 4 rings (SSSR count). The average molecular weight is 401 g/mol. The molecule has 0 saturated carbocycles. The highest BCUT2D eigenvalue weighted by Gasteiger charge is 2.26. The van der Waals surface area contributed by atoms with Crippen molar-refractivity contribution in [2.75, 3.05) is 24.3 Å². The Morgan fingerprint density at radius 2 is 1.67 bits per heavy atom. The first-order valence-corrected chi connectivity index (χ1v) is 9.92. The summed E-state index contributed by atoms with van der Waals surface area (Å²) in [4.78, 5) is 40.8. The van der Waals surface area contributed by atoms with Gasteiger partial charge in [0.05, 0.1) is 0 Å². The van der Waals surface area contributed by atoms with E-state index in [0.29, 0.717) is 41.9 Å². The number of aromatic nitrogens is 1. The van der Waals surface area contributed by atoms with Crippen LogP contribution in [0, 0.1) is 0 Å². The molecule has 0 fully saturated rings. The summed E-state index contributed by atoms with van der Waals surface area (Å²) in [6, 6.07) is 17.9. The molecule has 1 amide bonds. The molecule has 2 aromatic carbocycles. The Hall–Kier alpha value is -3.67. The van der Waals surface area contributed by atoms with Crippen LogP contribution in [-0.2, 0) is 6.42 Å². The summed E-state index contributed by atoms with van der Waals surface area (Å²) in [6.07, 6.45) is 1.74. The van der Waals surface area contributed by atoms with Gasteiger partial charge in [0.15, 0.2) is 5.78 Å². The van der Waals surface area contributed by atoms with Gasteiger partial charge in [0, 0.05) is 48.8 Å². The number of hydrogen-bond acceptors (Lipinski definition) is 4. The number of amides is 1. The van der Waals surface area contributed by atoms with Crippen LogP contribution >= 0.6 is 0 Å². The van der Waals surface area contributed by atoms with Crippen LogP contribution in [0.2, 0.25) is 0 Å². The standard InChI is InChI=1S/C24H23N3O3/c1-26(2)17-13-11-16(12-14-17)25-23(29)20-15-19-21(9-6-10-22(19)28)27(24(20)30)18-7-4-3-5-8-18/h3-5,7-8,11-15H,6,9-10H2,1-2H3,(H,25,29). The van der Waals surface area contributed by atoms with Gasteiger partial charge in [-0.2, -0.15) is 0 Å². The zero-order valence-electron chi connectivity index (χ0n) is 17.0. The zero-order chi connectivity index (χ0) is 21.3. The number of nitrogens with one attached hydrogen (secondary N) is 1.